The number of Topliss-reactive ketones (excluding diaryl/α,β-unsaturated/α-hetero) is 1. The highest BCUT2D eigenvalue weighted by Gasteiger charge is 2.28. The maximum atomic E-state index is 12.8. The summed E-state index contributed by atoms with van der Waals surface area (Å²) in [6.45, 7) is 1.87. The molecule has 37 heavy (non-hydrogen) atoms. The highest BCUT2D eigenvalue weighted by molar-refractivity contribution is 6.09. The monoisotopic (exact) mass is 523 g/mol. The summed E-state index contributed by atoms with van der Waals surface area (Å²) in [7, 11) is 1.24. The lowest BCUT2D eigenvalue weighted by Gasteiger charge is -2.11. The van der Waals surface area contributed by atoms with Crippen molar-refractivity contribution in [3.8, 4) is 11.5 Å². The van der Waals surface area contributed by atoms with Gasteiger partial charge in [-0.25, -0.2) is 9.59 Å². The number of amides is 1. The summed E-state index contributed by atoms with van der Waals surface area (Å²) < 4.78 is 51.1. The van der Waals surface area contributed by atoms with Crippen molar-refractivity contribution in [2.75, 3.05) is 13.7 Å². The Morgan fingerprint density at radius 2 is 1.89 bits per heavy atom. The number of methoxy groups -OCH3 is 1. The second-order valence-corrected chi connectivity index (χ2v) is 8.18. The molecular weight excluding hydrogens is 495 g/mol. The molecule has 0 aliphatic heterocycles. The molecule has 0 saturated carbocycles. The van der Waals surface area contributed by atoms with Gasteiger partial charge in [0.25, 0.3) is 0 Å². The smallest absolute Gasteiger partial charge is 0.422 e. The number of ketones is 1. The minimum atomic E-state index is -4.44. The summed E-state index contributed by atoms with van der Waals surface area (Å²) in [5, 5.41) is 12.8. The average Bonchev–Trinajstić information content (AvgIpc) is 2.85. The molecule has 11 heteroatoms. The SMILES string of the molecule is COC(=O)N/C=C/CCC(C)c1cc(O)c(C(=O)/C(C)=C\Cc2ccc(OCC(F)(F)F)cc2)c(=O)o1. The zero-order chi connectivity index (χ0) is 27.6. The molecule has 1 aromatic heterocycles. The van der Waals surface area contributed by atoms with Crippen LogP contribution in [0.15, 0.2) is 63.5 Å². The number of benzene rings is 1. The zero-order valence-electron chi connectivity index (χ0n) is 20.6. The average molecular weight is 524 g/mol. The molecule has 0 aliphatic rings. The molecule has 1 heterocycles. The van der Waals surface area contributed by atoms with Crippen molar-refractivity contribution in [2.45, 2.75) is 45.2 Å². The van der Waals surface area contributed by atoms with E-state index in [9.17, 15) is 32.7 Å². The fourth-order valence-corrected chi connectivity index (χ4v) is 3.16. The third-order valence-corrected chi connectivity index (χ3v) is 5.26. The molecule has 1 atom stereocenters. The van der Waals surface area contributed by atoms with E-state index in [0.29, 0.717) is 18.4 Å². The zero-order valence-corrected chi connectivity index (χ0v) is 20.6. The summed E-state index contributed by atoms with van der Waals surface area (Å²) in [4.78, 5) is 36.3. The summed E-state index contributed by atoms with van der Waals surface area (Å²) in [6, 6.07) is 7.13. The van der Waals surface area contributed by atoms with Crippen LogP contribution < -0.4 is 15.7 Å². The van der Waals surface area contributed by atoms with E-state index in [1.54, 1.807) is 25.1 Å². The van der Waals surface area contributed by atoms with Gasteiger partial charge in [-0.3, -0.25) is 10.1 Å². The number of nitrogens with one attached hydrogen (secondary N) is 1. The lowest BCUT2D eigenvalue weighted by atomic mass is 9.99. The second-order valence-electron chi connectivity index (χ2n) is 8.18. The molecule has 0 spiro atoms. The van der Waals surface area contributed by atoms with Crippen LogP contribution in [0.3, 0.4) is 0 Å². The number of halogens is 3. The Kier molecular flexibility index (Phi) is 10.5. The maximum absolute atomic E-state index is 12.8. The van der Waals surface area contributed by atoms with Gasteiger partial charge in [0.2, 0.25) is 0 Å². The van der Waals surface area contributed by atoms with Gasteiger partial charge in [-0.05, 0) is 49.5 Å². The number of rotatable bonds is 11. The maximum Gasteiger partial charge on any atom is 0.422 e. The number of alkyl carbamates (subject to hydrolysis) is 1. The number of carbonyl (C=O) groups is 2. The lowest BCUT2D eigenvalue weighted by Crippen LogP contribution is -2.19. The fourth-order valence-electron chi connectivity index (χ4n) is 3.16. The normalized spacial score (nSPS) is 12.9. The van der Waals surface area contributed by atoms with Crippen molar-refractivity contribution in [3.63, 3.8) is 0 Å². The molecule has 2 aromatic rings. The first-order chi connectivity index (χ1) is 17.4. The van der Waals surface area contributed by atoms with Crippen LogP contribution in [0, 0.1) is 0 Å². The van der Waals surface area contributed by atoms with Crippen LogP contribution in [0.5, 0.6) is 11.5 Å². The molecule has 2 rings (SSSR count). The Morgan fingerprint density at radius 1 is 1.22 bits per heavy atom. The highest BCUT2D eigenvalue weighted by Crippen LogP contribution is 2.26. The first-order valence-electron chi connectivity index (χ1n) is 11.3. The number of ether oxygens (including phenoxy) is 2. The number of hydrogen-bond acceptors (Lipinski definition) is 7. The standard InChI is InChI=1S/C26H28F3NO7/c1-16(6-4-5-13-30-25(34)35-3)21-14-20(31)22(24(33)37-21)23(32)17(2)7-8-18-9-11-19(12-10-18)36-15-26(27,28)29/h5,7,9-14,16,31H,4,6,8,15H2,1-3H3,(H,30,34)/b13-5+,17-7-. The van der Waals surface area contributed by atoms with E-state index in [2.05, 4.69) is 14.8 Å². The van der Waals surface area contributed by atoms with Gasteiger partial charge in [-0.15, -0.1) is 0 Å². The molecule has 0 aliphatic carbocycles. The first kappa shape index (κ1) is 29.2. The number of carbonyl (C=O) groups excluding carboxylic acids is 2. The molecular formula is C26H28F3NO7. The van der Waals surface area contributed by atoms with Gasteiger partial charge in [0, 0.05) is 18.2 Å². The molecule has 0 fully saturated rings. The fraction of sp³-hybridized carbons (Fsp3) is 0.346. The summed E-state index contributed by atoms with van der Waals surface area (Å²) >= 11 is 0. The third-order valence-electron chi connectivity index (χ3n) is 5.26. The van der Waals surface area contributed by atoms with E-state index in [1.807, 2.05) is 0 Å². The van der Waals surface area contributed by atoms with E-state index < -0.39 is 41.6 Å². The van der Waals surface area contributed by atoms with Crippen LogP contribution in [-0.4, -0.2) is 36.9 Å². The van der Waals surface area contributed by atoms with Crippen LogP contribution in [0.4, 0.5) is 18.0 Å². The molecule has 1 amide bonds. The van der Waals surface area contributed by atoms with Crippen LogP contribution in [0.2, 0.25) is 0 Å². The van der Waals surface area contributed by atoms with Gasteiger partial charge in [-0.1, -0.05) is 31.2 Å². The van der Waals surface area contributed by atoms with Gasteiger partial charge in [-0.2, -0.15) is 13.2 Å². The quantitative estimate of drug-likeness (QED) is 0.299. The molecule has 200 valence electrons. The highest BCUT2D eigenvalue weighted by atomic mass is 19.4. The van der Waals surface area contributed by atoms with E-state index in [4.69, 9.17) is 4.42 Å². The Morgan fingerprint density at radius 3 is 2.49 bits per heavy atom. The predicted molar refractivity (Wildman–Crippen MR) is 129 cm³/mol. The minimum Gasteiger partial charge on any atom is -0.507 e. The van der Waals surface area contributed by atoms with Crippen molar-refractivity contribution in [1.82, 2.24) is 5.32 Å². The molecule has 1 aromatic carbocycles. The van der Waals surface area contributed by atoms with E-state index >= 15 is 0 Å². The summed E-state index contributed by atoms with van der Waals surface area (Å²) in [5.41, 5.74) is -0.566. The Bertz CT molecular complexity index is 1200. The molecule has 0 saturated heterocycles. The number of alkyl halides is 3. The van der Waals surface area contributed by atoms with Crippen molar-refractivity contribution in [2.24, 2.45) is 0 Å². The largest absolute Gasteiger partial charge is 0.507 e. The predicted octanol–water partition coefficient (Wildman–Crippen LogP) is 5.41. The number of aromatic hydroxyl groups is 1. The minimum absolute atomic E-state index is 0.0589. The molecule has 2 N–H and O–H groups in total. The first-order valence-corrected chi connectivity index (χ1v) is 11.3. The van der Waals surface area contributed by atoms with Crippen LogP contribution in [0.1, 0.15) is 54.3 Å². The van der Waals surface area contributed by atoms with Gasteiger partial charge in [0.05, 0.1) is 7.11 Å². The molecule has 1 unspecified atom stereocenters. The van der Waals surface area contributed by atoms with Crippen LogP contribution in [0.25, 0.3) is 0 Å². The Balaban J connectivity index is 2.02. The second kappa shape index (κ2) is 13.3. The van der Waals surface area contributed by atoms with Crippen molar-refractivity contribution in [1.29, 1.82) is 0 Å². The Labute approximate surface area is 211 Å². The third kappa shape index (κ3) is 9.51. The lowest BCUT2D eigenvalue weighted by molar-refractivity contribution is -0.153. The molecule has 8 nitrogen and oxygen atoms in total. The van der Waals surface area contributed by atoms with Crippen molar-refractivity contribution in [3.05, 3.63) is 81.6 Å². The summed E-state index contributed by atoms with van der Waals surface area (Å²) in [6.07, 6.45) is 0.961. The van der Waals surface area contributed by atoms with E-state index in [0.717, 1.165) is 0 Å². The number of hydrogen-bond donors (Lipinski definition) is 2. The molecule has 0 radical (unpaired) electrons. The van der Waals surface area contributed by atoms with E-state index in [1.165, 1.54) is 44.5 Å². The van der Waals surface area contributed by atoms with Crippen molar-refractivity contribution >= 4 is 11.9 Å². The van der Waals surface area contributed by atoms with Gasteiger partial charge in [0.1, 0.15) is 22.8 Å². The topological polar surface area (TPSA) is 115 Å². The summed E-state index contributed by atoms with van der Waals surface area (Å²) in [5.74, 6) is -1.19. The van der Waals surface area contributed by atoms with Crippen LogP contribution in [-0.2, 0) is 11.2 Å². The van der Waals surface area contributed by atoms with E-state index in [-0.39, 0.29) is 29.4 Å². The number of allylic oxidation sites excluding steroid dienone is 3. The van der Waals surface area contributed by atoms with Gasteiger partial charge >= 0.3 is 17.9 Å². The molecule has 0 bridgehead atoms. The van der Waals surface area contributed by atoms with Gasteiger partial charge < -0.3 is 19.0 Å². The van der Waals surface area contributed by atoms with Gasteiger partial charge in [0.15, 0.2) is 12.4 Å². The Hall–Kier alpha value is -4.02. The van der Waals surface area contributed by atoms with Crippen molar-refractivity contribution < 1.29 is 41.8 Å². The van der Waals surface area contributed by atoms with Crippen LogP contribution >= 0.6 is 0 Å².